The van der Waals surface area contributed by atoms with E-state index in [0.29, 0.717) is 5.02 Å². The van der Waals surface area contributed by atoms with Gasteiger partial charge in [0.05, 0.1) is 23.7 Å². The number of nitriles is 1. The number of nitrogens with zero attached hydrogens (tertiary/aromatic N) is 1. The summed E-state index contributed by atoms with van der Waals surface area (Å²) in [7, 11) is -0.480. The summed E-state index contributed by atoms with van der Waals surface area (Å²) in [4.78, 5) is 0. The first-order valence-corrected chi connectivity index (χ1v) is 6.66. The van der Waals surface area contributed by atoms with E-state index in [0.717, 1.165) is 11.0 Å². The van der Waals surface area contributed by atoms with Crippen molar-refractivity contribution in [2.45, 2.75) is 45.3 Å². The van der Waals surface area contributed by atoms with Gasteiger partial charge in [-0.3, -0.25) is 0 Å². The number of rotatable bonds is 2. The molecule has 0 aliphatic carbocycles. The Hall–Kier alpha value is -1.02. The number of hydrogen-bond acceptors (Lipinski definition) is 3. The molecule has 0 aromatic heterocycles. The van der Waals surface area contributed by atoms with Crippen molar-refractivity contribution in [2.75, 3.05) is 0 Å². The maximum absolute atomic E-state index is 8.93. The molecule has 1 aliphatic heterocycles. The first-order chi connectivity index (χ1) is 8.78. The van der Waals surface area contributed by atoms with Crippen molar-refractivity contribution < 1.29 is 9.31 Å². The highest BCUT2D eigenvalue weighted by molar-refractivity contribution is 6.63. The van der Waals surface area contributed by atoms with E-state index in [9.17, 15) is 0 Å². The van der Waals surface area contributed by atoms with E-state index in [1.807, 2.05) is 39.8 Å². The van der Waals surface area contributed by atoms with Crippen LogP contribution in [0.25, 0.3) is 0 Å². The topological polar surface area (TPSA) is 42.2 Å². The predicted octanol–water partition coefficient (Wildman–Crippen LogP) is 2.71. The fourth-order valence-corrected chi connectivity index (χ4v) is 2.28. The lowest BCUT2D eigenvalue weighted by Crippen LogP contribution is -2.41. The summed E-state index contributed by atoms with van der Waals surface area (Å²) < 4.78 is 12.0. The molecule has 1 heterocycles. The number of halogens is 1. The van der Waals surface area contributed by atoms with Gasteiger partial charge < -0.3 is 9.31 Å². The van der Waals surface area contributed by atoms with Gasteiger partial charge in [0.25, 0.3) is 0 Å². The zero-order valence-corrected chi connectivity index (χ0v) is 12.4. The summed E-state index contributed by atoms with van der Waals surface area (Å²) in [6, 6.07) is 7.67. The summed E-state index contributed by atoms with van der Waals surface area (Å²) in [6.07, 6.45) is 0.249. The maximum Gasteiger partial charge on any atom is 0.495 e. The minimum Gasteiger partial charge on any atom is -0.399 e. The van der Waals surface area contributed by atoms with Gasteiger partial charge in [-0.2, -0.15) is 5.26 Å². The van der Waals surface area contributed by atoms with Crippen LogP contribution >= 0.6 is 11.6 Å². The highest BCUT2D eigenvalue weighted by atomic mass is 35.5. The average Bonchev–Trinajstić information content (AvgIpc) is 2.51. The van der Waals surface area contributed by atoms with Crippen LogP contribution in [0.5, 0.6) is 0 Å². The van der Waals surface area contributed by atoms with Gasteiger partial charge in [-0.1, -0.05) is 23.7 Å². The van der Waals surface area contributed by atoms with Crippen LogP contribution in [0.2, 0.25) is 5.02 Å². The Balaban J connectivity index is 2.40. The fraction of sp³-hybridized carbons (Fsp3) is 0.500. The van der Waals surface area contributed by atoms with Crippen molar-refractivity contribution >= 4 is 24.2 Å². The smallest absolute Gasteiger partial charge is 0.399 e. The lowest BCUT2D eigenvalue weighted by molar-refractivity contribution is 0.00578. The third-order valence-corrected chi connectivity index (χ3v) is 4.27. The van der Waals surface area contributed by atoms with Crippen LogP contribution in [0.3, 0.4) is 0 Å². The minimum absolute atomic E-state index is 0.249. The average molecular weight is 278 g/mol. The first kappa shape index (κ1) is 14.4. The molecule has 0 saturated carbocycles. The fourth-order valence-electron chi connectivity index (χ4n) is 2.03. The molecule has 0 spiro atoms. The van der Waals surface area contributed by atoms with E-state index in [-0.39, 0.29) is 6.42 Å². The molecular formula is C14H17BClNO2. The van der Waals surface area contributed by atoms with Gasteiger partial charge in [0.1, 0.15) is 0 Å². The second kappa shape index (κ2) is 4.83. The Labute approximate surface area is 119 Å². The van der Waals surface area contributed by atoms with Crippen molar-refractivity contribution in [2.24, 2.45) is 0 Å². The third kappa shape index (κ3) is 2.51. The highest BCUT2D eigenvalue weighted by Crippen LogP contribution is 2.37. The van der Waals surface area contributed by atoms with Crippen LogP contribution in [0.15, 0.2) is 18.2 Å². The highest BCUT2D eigenvalue weighted by Gasteiger charge is 2.52. The molecule has 19 heavy (non-hydrogen) atoms. The largest absolute Gasteiger partial charge is 0.495 e. The summed E-state index contributed by atoms with van der Waals surface area (Å²) in [5.41, 5.74) is 0.825. The molecule has 0 atom stereocenters. The van der Waals surface area contributed by atoms with Crippen LogP contribution in [-0.4, -0.2) is 18.3 Å². The molecule has 0 unspecified atom stereocenters. The molecule has 0 amide bonds. The molecule has 1 aliphatic rings. The molecule has 0 bridgehead atoms. The summed E-state index contributed by atoms with van der Waals surface area (Å²) >= 11 is 6.17. The molecule has 3 nitrogen and oxygen atoms in total. The predicted molar refractivity (Wildman–Crippen MR) is 76.5 cm³/mol. The molecule has 1 aromatic carbocycles. The Morgan fingerprint density at radius 1 is 1.21 bits per heavy atom. The monoisotopic (exact) mass is 277 g/mol. The Morgan fingerprint density at radius 3 is 2.32 bits per heavy atom. The lowest BCUT2D eigenvalue weighted by atomic mass is 9.75. The third-order valence-electron chi connectivity index (χ3n) is 3.92. The Kier molecular flexibility index (Phi) is 3.66. The molecular weight excluding hydrogens is 260 g/mol. The van der Waals surface area contributed by atoms with Crippen molar-refractivity contribution in [3.05, 3.63) is 28.8 Å². The molecule has 1 fully saturated rings. The van der Waals surface area contributed by atoms with Crippen molar-refractivity contribution in [1.82, 2.24) is 0 Å². The molecule has 1 aromatic rings. The van der Waals surface area contributed by atoms with Crippen LogP contribution in [0.4, 0.5) is 0 Å². The number of benzene rings is 1. The van der Waals surface area contributed by atoms with E-state index in [1.54, 1.807) is 6.07 Å². The van der Waals surface area contributed by atoms with Gasteiger partial charge in [-0.15, -0.1) is 0 Å². The van der Waals surface area contributed by atoms with E-state index in [2.05, 4.69) is 6.07 Å². The second-order valence-corrected chi connectivity index (χ2v) is 6.14. The summed E-state index contributed by atoms with van der Waals surface area (Å²) in [5.74, 6) is 0. The summed E-state index contributed by atoms with van der Waals surface area (Å²) in [6.45, 7) is 8.01. The summed E-state index contributed by atoms with van der Waals surface area (Å²) in [5, 5.41) is 9.50. The minimum atomic E-state index is -0.480. The molecule has 5 heteroatoms. The van der Waals surface area contributed by atoms with Crippen molar-refractivity contribution in [3.63, 3.8) is 0 Å². The van der Waals surface area contributed by atoms with E-state index in [4.69, 9.17) is 26.2 Å². The van der Waals surface area contributed by atoms with E-state index in [1.165, 1.54) is 0 Å². The van der Waals surface area contributed by atoms with Crippen LogP contribution < -0.4 is 5.46 Å². The van der Waals surface area contributed by atoms with E-state index < -0.39 is 18.3 Å². The van der Waals surface area contributed by atoms with Crippen LogP contribution in [0, 0.1) is 11.3 Å². The zero-order valence-electron chi connectivity index (χ0n) is 11.7. The van der Waals surface area contributed by atoms with Gasteiger partial charge in [0.15, 0.2) is 0 Å². The number of hydrogen-bond donors (Lipinski definition) is 0. The second-order valence-electron chi connectivity index (χ2n) is 5.73. The molecule has 100 valence electrons. The maximum atomic E-state index is 8.93. The van der Waals surface area contributed by atoms with Crippen molar-refractivity contribution in [1.29, 1.82) is 5.26 Å². The van der Waals surface area contributed by atoms with Gasteiger partial charge in [0, 0.05) is 5.02 Å². The Morgan fingerprint density at radius 2 is 1.79 bits per heavy atom. The van der Waals surface area contributed by atoms with Gasteiger partial charge in [0.2, 0.25) is 0 Å². The van der Waals surface area contributed by atoms with Gasteiger partial charge in [-0.05, 0) is 44.8 Å². The normalized spacial score (nSPS) is 20.3. The molecule has 0 N–H and O–H groups in total. The zero-order chi connectivity index (χ0) is 14.3. The Bertz CT molecular complexity index is 521. The lowest BCUT2D eigenvalue weighted by Gasteiger charge is -2.32. The van der Waals surface area contributed by atoms with Crippen molar-refractivity contribution in [3.8, 4) is 6.07 Å². The molecule has 1 saturated heterocycles. The van der Waals surface area contributed by atoms with Crippen LogP contribution in [-0.2, 0) is 15.7 Å². The van der Waals surface area contributed by atoms with Gasteiger partial charge >= 0.3 is 7.12 Å². The quantitative estimate of drug-likeness (QED) is 0.781. The molecule has 0 radical (unpaired) electrons. The SMILES string of the molecule is CC1(C)OB(c2cccc(Cl)c2CC#N)OC1(C)C. The van der Waals surface area contributed by atoms with E-state index >= 15 is 0 Å². The van der Waals surface area contributed by atoms with Gasteiger partial charge in [-0.25, -0.2) is 0 Å². The molecule has 2 rings (SSSR count). The first-order valence-electron chi connectivity index (χ1n) is 6.28. The standard InChI is InChI=1S/C14H17BClNO2/c1-13(2)14(3,4)19-15(18-13)11-6-5-7-12(16)10(11)8-9-17/h5-7H,8H2,1-4H3. The van der Waals surface area contributed by atoms with Crippen LogP contribution in [0.1, 0.15) is 33.3 Å².